The first-order valence-corrected chi connectivity index (χ1v) is 5.96. The van der Waals surface area contributed by atoms with Crippen LogP contribution in [-0.4, -0.2) is 30.2 Å². The van der Waals surface area contributed by atoms with E-state index in [-0.39, 0.29) is 10.6 Å². The van der Waals surface area contributed by atoms with Crippen LogP contribution in [0.4, 0.5) is 0 Å². The highest BCUT2D eigenvalue weighted by Gasteiger charge is 2.22. The maximum absolute atomic E-state index is 11.6. The van der Waals surface area contributed by atoms with Gasteiger partial charge in [-0.2, -0.15) is 0 Å². The zero-order chi connectivity index (χ0) is 11.6. The topological polar surface area (TPSA) is 84.3 Å². The maximum atomic E-state index is 11.6. The van der Waals surface area contributed by atoms with Crippen LogP contribution in [0, 0.1) is 6.92 Å². The Hall–Kier alpha value is -1.43. The Morgan fingerprint density at radius 3 is 2.60 bits per heavy atom. The number of aromatic nitrogens is 1. The molecule has 0 aromatic carbocycles. The van der Waals surface area contributed by atoms with Gasteiger partial charge in [-0.05, 0) is 18.6 Å². The van der Waals surface area contributed by atoms with Gasteiger partial charge < -0.3 is 5.11 Å². The van der Waals surface area contributed by atoms with Crippen LogP contribution in [0.25, 0.3) is 0 Å². The van der Waals surface area contributed by atoms with Crippen molar-refractivity contribution in [2.24, 2.45) is 0 Å². The molecule has 0 radical (unpaired) electrons. The molecule has 0 amide bonds. The number of carboxylic acid groups (broad SMARTS) is 1. The standard InChI is InChI=1S/C9H11NO4S/c1-3-15(13,14)7-4-6(2)5-10-8(7)9(11)12/h4-5H,3H2,1-2H3,(H,11,12). The van der Waals surface area contributed by atoms with Gasteiger partial charge in [0.15, 0.2) is 15.5 Å². The van der Waals surface area contributed by atoms with E-state index in [0.29, 0.717) is 5.56 Å². The molecule has 0 aliphatic carbocycles. The first-order valence-electron chi connectivity index (χ1n) is 4.31. The maximum Gasteiger partial charge on any atom is 0.355 e. The molecular weight excluding hydrogens is 218 g/mol. The molecule has 0 spiro atoms. The molecule has 1 aromatic rings. The number of aryl methyl sites for hydroxylation is 1. The van der Waals surface area contributed by atoms with E-state index in [1.54, 1.807) is 6.92 Å². The van der Waals surface area contributed by atoms with E-state index < -0.39 is 21.5 Å². The highest BCUT2D eigenvalue weighted by molar-refractivity contribution is 7.91. The molecule has 1 aromatic heterocycles. The van der Waals surface area contributed by atoms with Gasteiger partial charge in [-0.1, -0.05) is 6.92 Å². The van der Waals surface area contributed by atoms with Crippen molar-refractivity contribution in [3.63, 3.8) is 0 Å². The molecule has 6 heteroatoms. The van der Waals surface area contributed by atoms with Gasteiger partial charge in [0.2, 0.25) is 0 Å². The van der Waals surface area contributed by atoms with Crippen molar-refractivity contribution in [2.75, 3.05) is 5.75 Å². The molecule has 0 saturated heterocycles. The summed E-state index contributed by atoms with van der Waals surface area (Å²) in [5.41, 5.74) is 0.203. The zero-order valence-electron chi connectivity index (χ0n) is 8.39. The molecule has 0 fully saturated rings. The van der Waals surface area contributed by atoms with Gasteiger partial charge in [0, 0.05) is 6.20 Å². The van der Waals surface area contributed by atoms with Crippen LogP contribution < -0.4 is 0 Å². The van der Waals surface area contributed by atoms with Gasteiger partial charge in [-0.3, -0.25) is 0 Å². The molecule has 1 heterocycles. The van der Waals surface area contributed by atoms with E-state index >= 15 is 0 Å². The first kappa shape index (κ1) is 11.6. The molecule has 82 valence electrons. The molecule has 0 atom stereocenters. The summed E-state index contributed by atoms with van der Waals surface area (Å²) < 4.78 is 23.2. The van der Waals surface area contributed by atoms with Crippen molar-refractivity contribution < 1.29 is 18.3 Å². The Labute approximate surface area is 87.7 Å². The minimum Gasteiger partial charge on any atom is -0.476 e. The molecule has 0 aliphatic heterocycles. The molecule has 15 heavy (non-hydrogen) atoms. The van der Waals surface area contributed by atoms with Crippen molar-refractivity contribution in [2.45, 2.75) is 18.7 Å². The van der Waals surface area contributed by atoms with Crippen LogP contribution in [0.3, 0.4) is 0 Å². The van der Waals surface area contributed by atoms with E-state index in [1.807, 2.05) is 0 Å². The van der Waals surface area contributed by atoms with Crippen molar-refractivity contribution in [1.29, 1.82) is 0 Å². The Kier molecular flexibility index (Phi) is 3.09. The van der Waals surface area contributed by atoms with Gasteiger partial charge in [0.25, 0.3) is 0 Å². The Morgan fingerprint density at radius 2 is 2.13 bits per heavy atom. The summed E-state index contributed by atoms with van der Waals surface area (Å²) in [6.45, 7) is 3.12. The number of carbonyl (C=O) groups is 1. The molecular formula is C9H11NO4S. The number of aromatic carboxylic acids is 1. The SMILES string of the molecule is CCS(=O)(=O)c1cc(C)cnc1C(=O)O. The summed E-state index contributed by atoms with van der Waals surface area (Å²) in [6, 6.07) is 1.33. The fourth-order valence-corrected chi connectivity index (χ4v) is 2.21. The predicted octanol–water partition coefficient (Wildman–Crippen LogP) is 0.882. The molecule has 0 bridgehead atoms. The molecule has 0 aliphatic rings. The third-order valence-corrected chi connectivity index (χ3v) is 3.65. The second kappa shape index (κ2) is 3.98. The third kappa shape index (κ3) is 2.33. The molecule has 1 rings (SSSR count). The molecule has 0 unspecified atom stereocenters. The van der Waals surface area contributed by atoms with Crippen LogP contribution in [0.2, 0.25) is 0 Å². The van der Waals surface area contributed by atoms with Gasteiger partial charge in [0.1, 0.15) is 4.90 Å². The van der Waals surface area contributed by atoms with E-state index in [9.17, 15) is 13.2 Å². The summed E-state index contributed by atoms with van der Waals surface area (Å²) in [6.07, 6.45) is 1.33. The van der Waals surface area contributed by atoms with Crippen LogP contribution >= 0.6 is 0 Å². The van der Waals surface area contributed by atoms with E-state index in [1.165, 1.54) is 19.2 Å². The number of pyridine rings is 1. The van der Waals surface area contributed by atoms with Crippen molar-refractivity contribution in [3.05, 3.63) is 23.5 Å². The minimum absolute atomic E-state index is 0.140. The number of hydrogen-bond donors (Lipinski definition) is 1. The summed E-state index contributed by atoms with van der Waals surface area (Å²) in [5.74, 6) is -1.47. The second-order valence-corrected chi connectivity index (χ2v) is 5.31. The third-order valence-electron chi connectivity index (χ3n) is 1.91. The van der Waals surface area contributed by atoms with Gasteiger partial charge in [-0.25, -0.2) is 18.2 Å². The van der Waals surface area contributed by atoms with Crippen LogP contribution in [0.1, 0.15) is 23.0 Å². The van der Waals surface area contributed by atoms with E-state index in [0.717, 1.165) is 0 Å². The molecule has 1 N–H and O–H groups in total. The van der Waals surface area contributed by atoms with Gasteiger partial charge in [-0.15, -0.1) is 0 Å². The van der Waals surface area contributed by atoms with Crippen LogP contribution in [-0.2, 0) is 9.84 Å². The van der Waals surface area contributed by atoms with Crippen molar-refractivity contribution in [1.82, 2.24) is 4.98 Å². The predicted molar refractivity (Wildman–Crippen MR) is 53.7 cm³/mol. The largest absolute Gasteiger partial charge is 0.476 e. The van der Waals surface area contributed by atoms with E-state index in [2.05, 4.69) is 4.98 Å². The van der Waals surface area contributed by atoms with Crippen molar-refractivity contribution in [3.8, 4) is 0 Å². The summed E-state index contributed by atoms with van der Waals surface area (Å²) in [7, 11) is -3.54. The highest BCUT2D eigenvalue weighted by atomic mass is 32.2. The highest BCUT2D eigenvalue weighted by Crippen LogP contribution is 2.16. The number of nitrogens with zero attached hydrogens (tertiary/aromatic N) is 1. The van der Waals surface area contributed by atoms with Crippen LogP contribution in [0.5, 0.6) is 0 Å². The fraction of sp³-hybridized carbons (Fsp3) is 0.333. The normalized spacial score (nSPS) is 11.3. The number of hydrogen-bond acceptors (Lipinski definition) is 4. The lowest BCUT2D eigenvalue weighted by molar-refractivity contribution is 0.0686. The zero-order valence-corrected chi connectivity index (χ0v) is 9.21. The molecule has 5 nitrogen and oxygen atoms in total. The summed E-state index contributed by atoms with van der Waals surface area (Å²) in [4.78, 5) is 14.2. The van der Waals surface area contributed by atoms with Gasteiger partial charge in [0.05, 0.1) is 5.75 Å². The Morgan fingerprint density at radius 1 is 1.53 bits per heavy atom. The average Bonchev–Trinajstić information content (AvgIpc) is 2.17. The first-order chi connectivity index (χ1) is 6.88. The number of sulfone groups is 1. The summed E-state index contributed by atoms with van der Waals surface area (Å²) in [5, 5.41) is 8.79. The van der Waals surface area contributed by atoms with E-state index in [4.69, 9.17) is 5.11 Å². The smallest absolute Gasteiger partial charge is 0.355 e. The lowest BCUT2D eigenvalue weighted by atomic mass is 10.3. The second-order valence-electron chi connectivity index (χ2n) is 3.07. The monoisotopic (exact) mass is 229 g/mol. The molecule has 0 saturated carbocycles. The lowest BCUT2D eigenvalue weighted by Crippen LogP contribution is -2.13. The Balaban J connectivity index is 3.51. The minimum atomic E-state index is -3.54. The van der Waals surface area contributed by atoms with Crippen LogP contribution in [0.15, 0.2) is 17.2 Å². The van der Waals surface area contributed by atoms with Gasteiger partial charge >= 0.3 is 5.97 Å². The number of carboxylic acids is 1. The fourth-order valence-electron chi connectivity index (χ4n) is 1.10. The van der Waals surface area contributed by atoms with Crippen molar-refractivity contribution >= 4 is 15.8 Å². The average molecular weight is 229 g/mol. The quantitative estimate of drug-likeness (QED) is 0.831. The number of rotatable bonds is 3. The lowest BCUT2D eigenvalue weighted by Gasteiger charge is -2.05. The summed E-state index contributed by atoms with van der Waals surface area (Å²) >= 11 is 0. The Bertz CT molecular complexity index is 493.